The number of hydrogen-bond donors (Lipinski definition) is 2. The fraction of sp³-hybridized carbons (Fsp3) is 0.533. The highest BCUT2D eigenvalue weighted by molar-refractivity contribution is 5.98. The topological polar surface area (TPSA) is 93.5 Å². The van der Waals surface area contributed by atoms with Crippen molar-refractivity contribution in [2.45, 2.75) is 19.0 Å². The smallest absolute Gasteiger partial charge is 0.422 e. The molecule has 1 unspecified atom stereocenters. The molecule has 1 saturated heterocycles. The summed E-state index contributed by atoms with van der Waals surface area (Å²) < 4.78 is 41.2. The first kappa shape index (κ1) is 22.0. The Bertz CT molecular complexity index is 637. The molecular weight excluding hydrogens is 379 g/mol. The lowest BCUT2D eigenvalue weighted by Crippen LogP contribution is -2.38. The first-order valence-electron chi connectivity index (χ1n) is 7.73. The summed E-state index contributed by atoms with van der Waals surface area (Å²) >= 11 is 0. The third kappa shape index (κ3) is 6.68. The van der Waals surface area contributed by atoms with E-state index in [-0.39, 0.29) is 29.6 Å². The Morgan fingerprint density at radius 2 is 2.15 bits per heavy atom. The number of amides is 1. The Labute approximate surface area is 153 Å². The third-order valence-electron chi connectivity index (χ3n) is 3.76. The second kappa shape index (κ2) is 9.58. The summed E-state index contributed by atoms with van der Waals surface area (Å²) in [4.78, 5) is 22.5. The monoisotopic (exact) mass is 397 g/mol. The maximum atomic E-state index is 12.3. The molecule has 0 radical (unpaired) electrons. The zero-order valence-corrected chi connectivity index (χ0v) is 14.5. The summed E-state index contributed by atoms with van der Waals surface area (Å²) in [6.07, 6.45) is -2.65. The zero-order chi connectivity index (χ0) is 18.4. The van der Waals surface area contributed by atoms with Crippen molar-refractivity contribution in [2.24, 2.45) is 5.92 Å². The fourth-order valence-corrected chi connectivity index (χ4v) is 2.54. The van der Waals surface area contributed by atoms with Crippen LogP contribution in [0.2, 0.25) is 0 Å². The summed E-state index contributed by atoms with van der Waals surface area (Å²) in [5, 5.41) is 16.8. The van der Waals surface area contributed by atoms with Crippen molar-refractivity contribution in [3.63, 3.8) is 0 Å². The van der Waals surface area contributed by atoms with E-state index in [0.29, 0.717) is 6.54 Å². The highest BCUT2D eigenvalue weighted by Crippen LogP contribution is 2.26. The number of nitrogens with zero attached hydrogens (tertiary/aromatic N) is 1. The Hall–Kier alpha value is -2.07. The van der Waals surface area contributed by atoms with E-state index in [0.717, 1.165) is 44.1 Å². The number of ether oxygens (including phenoxy) is 1. The Morgan fingerprint density at radius 1 is 1.42 bits per heavy atom. The molecule has 1 amide bonds. The largest absolute Gasteiger partial charge is 0.484 e. The molecule has 146 valence electrons. The minimum Gasteiger partial charge on any atom is -0.484 e. The summed E-state index contributed by atoms with van der Waals surface area (Å²) in [5.41, 5.74) is -0.813. The van der Waals surface area contributed by atoms with Crippen LogP contribution in [0.1, 0.15) is 23.2 Å². The van der Waals surface area contributed by atoms with Crippen LogP contribution in [0.15, 0.2) is 18.2 Å². The summed E-state index contributed by atoms with van der Waals surface area (Å²) in [7, 11) is 0. The maximum Gasteiger partial charge on any atom is 0.422 e. The number of hydrogen-bond acceptors (Lipinski definition) is 5. The molecule has 11 heteroatoms. The lowest BCUT2D eigenvalue weighted by Gasteiger charge is -2.22. The van der Waals surface area contributed by atoms with Gasteiger partial charge >= 0.3 is 6.18 Å². The van der Waals surface area contributed by atoms with Crippen LogP contribution >= 0.6 is 12.4 Å². The average molecular weight is 398 g/mol. The van der Waals surface area contributed by atoms with Crippen molar-refractivity contribution in [1.29, 1.82) is 0 Å². The van der Waals surface area contributed by atoms with Crippen molar-refractivity contribution in [1.82, 2.24) is 10.6 Å². The zero-order valence-electron chi connectivity index (χ0n) is 13.7. The van der Waals surface area contributed by atoms with Gasteiger partial charge in [0.25, 0.3) is 11.6 Å². The number of carbonyl (C=O) groups is 1. The highest BCUT2D eigenvalue weighted by Gasteiger charge is 2.29. The average Bonchev–Trinajstić information content (AvgIpc) is 2.57. The van der Waals surface area contributed by atoms with Crippen LogP contribution in [-0.4, -0.2) is 43.2 Å². The molecule has 7 nitrogen and oxygen atoms in total. The van der Waals surface area contributed by atoms with Crippen LogP contribution in [0.3, 0.4) is 0 Å². The van der Waals surface area contributed by atoms with Crippen LogP contribution < -0.4 is 15.4 Å². The molecule has 1 atom stereocenters. The number of halogens is 4. The van der Waals surface area contributed by atoms with E-state index in [1.54, 1.807) is 0 Å². The summed E-state index contributed by atoms with van der Waals surface area (Å²) in [6.45, 7) is 0.432. The van der Waals surface area contributed by atoms with Gasteiger partial charge < -0.3 is 15.4 Å². The van der Waals surface area contributed by atoms with Crippen LogP contribution in [-0.2, 0) is 0 Å². The first-order chi connectivity index (χ1) is 11.8. The van der Waals surface area contributed by atoms with Gasteiger partial charge in [-0.1, -0.05) is 0 Å². The molecule has 0 saturated carbocycles. The Balaban J connectivity index is 0.00000338. The van der Waals surface area contributed by atoms with Crippen LogP contribution in [0.5, 0.6) is 5.75 Å². The van der Waals surface area contributed by atoms with Gasteiger partial charge in [-0.2, -0.15) is 13.2 Å². The maximum absolute atomic E-state index is 12.3. The molecule has 1 aliphatic heterocycles. The Kier molecular flexibility index (Phi) is 8.09. The number of piperidine rings is 1. The van der Waals surface area contributed by atoms with Gasteiger partial charge in [-0.15, -0.1) is 12.4 Å². The minimum atomic E-state index is -4.54. The molecule has 0 bridgehead atoms. The minimum absolute atomic E-state index is 0. The van der Waals surface area contributed by atoms with E-state index in [1.165, 1.54) is 0 Å². The van der Waals surface area contributed by atoms with E-state index in [4.69, 9.17) is 0 Å². The molecule has 0 aromatic heterocycles. The third-order valence-corrected chi connectivity index (χ3v) is 3.76. The van der Waals surface area contributed by atoms with E-state index in [2.05, 4.69) is 15.4 Å². The quantitative estimate of drug-likeness (QED) is 0.568. The number of alkyl halides is 3. The van der Waals surface area contributed by atoms with E-state index < -0.39 is 29.3 Å². The molecule has 2 N–H and O–H groups in total. The Morgan fingerprint density at radius 3 is 2.73 bits per heavy atom. The van der Waals surface area contributed by atoms with Crippen molar-refractivity contribution >= 4 is 24.0 Å². The van der Waals surface area contributed by atoms with Gasteiger partial charge in [0.15, 0.2) is 6.61 Å². The SMILES string of the molecule is Cl.O=C(NCC1CCCNC1)c1cc(OCC(F)(F)F)ccc1[N+](=O)[O-]. The lowest BCUT2D eigenvalue weighted by atomic mass is 9.99. The van der Waals surface area contributed by atoms with Crippen molar-refractivity contribution in [3.05, 3.63) is 33.9 Å². The number of carbonyl (C=O) groups excluding carboxylic acids is 1. The summed E-state index contributed by atoms with van der Waals surface area (Å²) in [6, 6.07) is 2.95. The van der Waals surface area contributed by atoms with Gasteiger partial charge in [-0.25, -0.2) is 0 Å². The fourth-order valence-electron chi connectivity index (χ4n) is 2.54. The second-order valence-corrected chi connectivity index (χ2v) is 5.76. The number of nitro benzene ring substituents is 1. The molecule has 1 heterocycles. The number of benzene rings is 1. The molecule has 0 aliphatic carbocycles. The number of nitrogens with one attached hydrogen (secondary N) is 2. The predicted octanol–water partition coefficient (Wildman–Crippen LogP) is 2.69. The number of rotatable bonds is 6. The first-order valence-corrected chi connectivity index (χ1v) is 7.73. The van der Waals surface area contributed by atoms with Crippen molar-refractivity contribution in [3.8, 4) is 5.75 Å². The van der Waals surface area contributed by atoms with Gasteiger partial charge in [0, 0.05) is 12.6 Å². The van der Waals surface area contributed by atoms with Gasteiger partial charge in [0.05, 0.1) is 4.92 Å². The molecule has 26 heavy (non-hydrogen) atoms. The predicted molar refractivity (Wildman–Crippen MR) is 89.8 cm³/mol. The molecule has 1 fully saturated rings. The molecule has 1 aromatic carbocycles. The second-order valence-electron chi connectivity index (χ2n) is 5.76. The van der Waals surface area contributed by atoms with Crippen molar-refractivity contribution in [2.75, 3.05) is 26.2 Å². The van der Waals surface area contributed by atoms with E-state index in [1.807, 2.05) is 0 Å². The van der Waals surface area contributed by atoms with Gasteiger partial charge in [-0.05, 0) is 44.0 Å². The lowest BCUT2D eigenvalue weighted by molar-refractivity contribution is -0.385. The summed E-state index contributed by atoms with van der Waals surface area (Å²) in [5.74, 6) is -0.761. The van der Waals surface area contributed by atoms with Gasteiger partial charge in [-0.3, -0.25) is 14.9 Å². The van der Waals surface area contributed by atoms with E-state index in [9.17, 15) is 28.1 Å². The molecule has 1 aromatic rings. The van der Waals surface area contributed by atoms with E-state index >= 15 is 0 Å². The van der Waals surface area contributed by atoms with Crippen LogP contribution in [0.4, 0.5) is 18.9 Å². The van der Waals surface area contributed by atoms with Gasteiger partial charge in [0.1, 0.15) is 11.3 Å². The molecule has 2 rings (SSSR count). The number of nitro groups is 1. The normalized spacial score (nSPS) is 17.1. The van der Waals surface area contributed by atoms with Crippen molar-refractivity contribution < 1.29 is 27.6 Å². The van der Waals surface area contributed by atoms with Crippen LogP contribution in [0.25, 0.3) is 0 Å². The van der Waals surface area contributed by atoms with Crippen LogP contribution in [0, 0.1) is 16.0 Å². The standard InChI is InChI=1S/C15H18F3N3O4.ClH/c16-15(17,18)9-25-11-3-4-13(21(23)24)12(6-11)14(22)20-8-10-2-1-5-19-7-10;/h3-4,6,10,19H,1-2,5,7-9H2,(H,20,22);1H. The van der Waals surface area contributed by atoms with Gasteiger partial charge in [0.2, 0.25) is 0 Å². The molecule has 0 spiro atoms. The molecule has 1 aliphatic rings. The highest BCUT2D eigenvalue weighted by atomic mass is 35.5. The molecular formula is C15H19ClF3N3O4.